The summed E-state index contributed by atoms with van der Waals surface area (Å²) < 4.78 is 11.0. The Hall–Kier alpha value is -4.19. The van der Waals surface area contributed by atoms with Crippen LogP contribution in [-0.4, -0.2) is 16.0 Å². The maximum absolute atomic E-state index is 12.6. The first-order valence-corrected chi connectivity index (χ1v) is 9.51. The smallest absolute Gasteiger partial charge is 0.251 e. The molecule has 6 heteroatoms. The van der Waals surface area contributed by atoms with Gasteiger partial charge in [-0.3, -0.25) is 4.79 Å². The second-order valence-corrected chi connectivity index (χ2v) is 6.81. The van der Waals surface area contributed by atoms with Crippen LogP contribution in [0.4, 0.5) is 0 Å². The van der Waals surface area contributed by atoms with Crippen LogP contribution in [-0.2, 0) is 6.54 Å². The number of fused-ring (bicyclic) bond motifs is 1. The van der Waals surface area contributed by atoms with Crippen molar-refractivity contribution in [1.29, 1.82) is 0 Å². The molecule has 30 heavy (non-hydrogen) atoms. The predicted molar refractivity (Wildman–Crippen MR) is 113 cm³/mol. The predicted octanol–water partition coefficient (Wildman–Crippen LogP) is 5.08. The van der Waals surface area contributed by atoms with Gasteiger partial charge in [-0.1, -0.05) is 53.7 Å². The lowest BCUT2D eigenvalue weighted by Gasteiger charge is -2.05. The van der Waals surface area contributed by atoms with Crippen molar-refractivity contribution in [2.24, 2.45) is 0 Å². The number of carbonyl (C=O) groups is 1. The van der Waals surface area contributed by atoms with Gasteiger partial charge < -0.3 is 14.3 Å². The number of aromatic nitrogens is 2. The molecule has 2 heterocycles. The molecule has 0 aliphatic heterocycles. The van der Waals surface area contributed by atoms with Crippen LogP contribution in [0.2, 0.25) is 0 Å². The van der Waals surface area contributed by atoms with Gasteiger partial charge >= 0.3 is 0 Å². The molecular weight excluding hydrogens is 378 g/mol. The van der Waals surface area contributed by atoms with Gasteiger partial charge in [0.1, 0.15) is 17.7 Å². The molecule has 0 fully saturated rings. The van der Waals surface area contributed by atoms with Crippen LogP contribution < -0.4 is 5.32 Å². The second-order valence-electron chi connectivity index (χ2n) is 6.81. The lowest BCUT2D eigenvalue weighted by molar-refractivity contribution is 0.0951. The van der Waals surface area contributed by atoms with Crippen molar-refractivity contribution in [1.82, 2.24) is 15.5 Å². The van der Waals surface area contributed by atoms with Crippen LogP contribution in [0.15, 0.2) is 94.1 Å². The SMILES string of the molecule is O=C(NCc1ccccc1)c1ccc2onc(-c3coc(-c4ccccc4)n3)c2c1. The summed E-state index contributed by atoms with van der Waals surface area (Å²) in [6, 6.07) is 24.6. The van der Waals surface area contributed by atoms with Crippen LogP contribution in [0, 0.1) is 0 Å². The first-order valence-electron chi connectivity index (χ1n) is 9.51. The van der Waals surface area contributed by atoms with Crippen molar-refractivity contribution in [2.45, 2.75) is 6.54 Å². The molecule has 0 bridgehead atoms. The lowest BCUT2D eigenvalue weighted by Crippen LogP contribution is -2.22. The lowest BCUT2D eigenvalue weighted by atomic mass is 10.1. The van der Waals surface area contributed by atoms with Crippen LogP contribution in [0.5, 0.6) is 0 Å². The number of nitrogens with zero attached hydrogens (tertiary/aromatic N) is 2. The molecule has 0 unspecified atom stereocenters. The van der Waals surface area contributed by atoms with Crippen molar-refractivity contribution < 1.29 is 13.7 Å². The van der Waals surface area contributed by atoms with Crippen LogP contribution >= 0.6 is 0 Å². The Kier molecular flexibility index (Phi) is 4.57. The largest absolute Gasteiger partial charge is 0.444 e. The summed E-state index contributed by atoms with van der Waals surface area (Å²) in [5.74, 6) is 0.330. The third kappa shape index (κ3) is 3.46. The van der Waals surface area contributed by atoms with Crippen LogP contribution in [0.3, 0.4) is 0 Å². The van der Waals surface area contributed by atoms with Crippen LogP contribution in [0.25, 0.3) is 33.8 Å². The quantitative estimate of drug-likeness (QED) is 0.449. The van der Waals surface area contributed by atoms with Gasteiger partial charge in [0.2, 0.25) is 5.89 Å². The van der Waals surface area contributed by atoms with Gasteiger partial charge in [0.05, 0.1) is 5.39 Å². The molecule has 0 aliphatic rings. The summed E-state index contributed by atoms with van der Waals surface area (Å²) in [5.41, 5.74) is 4.10. The zero-order chi connectivity index (χ0) is 20.3. The fraction of sp³-hybridized carbons (Fsp3) is 0.0417. The van der Waals surface area contributed by atoms with E-state index >= 15 is 0 Å². The molecule has 1 N–H and O–H groups in total. The standard InChI is InChI=1S/C24H17N3O3/c28-23(25-14-16-7-3-1-4-8-16)18-11-12-21-19(13-18)22(27-30-21)20-15-29-24(26-20)17-9-5-2-6-10-17/h1-13,15H,14H2,(H,25,28). The van der Waals surface area contributed by atoms with Crippen molar-refractivity contribution >= 4 is 16.9 Å². The molecule has 3 aromatic carbocycles. The number of rotatable bonds is 5. The number of hydrogen-bond acceptors (Lipinski definition) is 5. The number of carbonyl (C=O) groups excluding carboxylic acids is 1. The Bertz CT molecular complexity index is 1310. The maximum atomic E-state index is 12.6. The van der Waals surface area contributed by atoms with Crippen molar-refractivity contribution in [2.75, 3.05) is 0 Å². The number of nitrogens with one attached hydrogen (secondary N) is 1. The van der Waals surface area contributed by atoms with Gasteiger partial charge in [-0.2, -0.15) is 0 Å². The number of amides is 1. The minimum atomic E-state index is -0.168. The van der Waals surface area contributed by atoms with Crippen molar-refractivity contribution in [3.63, 3.8) is 0 Å². The Morgan fingerprint density at radius 3 is 2.50 bits per heavy atom. The molecule has 0 atom stereocenters. The van der Waals surface area contributed by atoms with Gasteiger partial charge in [0.25, 0.3) is 5.91 Å². The molecule has 0 saturated carbocycles. The van der Waals surface area contributed by atoms with E-state index in [1.54, 1.807) is 24.5 Å². The summed E-state index contributed by atoms with van der Waals surface area (Å²) in [6.45, 7) is 0.456. The minimum Gasteiger partial charge on any atom is -0.444 e. The van der Waals surface area contributed by atoms with Crippen LogP contribution in [0.1, 0.15) is 15.9 Å². The van der Waals surface area contributed by atoms with Gasteiger partial charge in [-0.25, -0.2) is 4.98 Å². The summed E-state index contributed by atoms with van der Waals surface area (Å²) in [5, 5.41) is 7.77. The molecule has 1 amide bonds. The summed E-state index contributed by atoms with van der Waals surface area (Å²) in [7, 11) is 0. The first-order chi connectivity index (χ1) is 14.8. The highest BCUT2D eigenvalue weighted by Crippen LogP contribution is 2.30. The highest BCUT2D eigenvalue weighted by Gasteiger charge is 2.17. The van der Waals surface area contributed by atoms with E-state index in [1.165, 1.54) is 0 Å². The average Bonchev–Trinajstić information content (AvgIpc) is 3.45. The molecule has 0 radical (unpaired) electrons. The van der Waals surface area contributed by atoms with E-state index in [2.05, 4.69) is 15.5 Å². The van der Waals surface area contributed by atoms with Crippen molar-refractivity contribution in [3.8, 4) is 22.8 Å². The minimum absolute atomic E-state index is 0.168. The normalized spacial score (nSPS) is 10.9. The average molecular weight is 395 g/mol. The van der Waals surface area contributed by atoms with Gasteiger partial charge in [0, 0.05) is 17.7 Å². The van der Waals surface area contributed by atoms with E-state index in [0.717, 1.165) is 11.1 Å². The third-order valence-corrected chi connectivity index (χ3v) is 4.80. The zero-order valence-electron chi connectivity index (χ0n) is 15.9. The molecule has 5 rings (SSSR count). The molecular formula is C24H17N3O3. The summed E-state index contributed by atoms with van der Waals surface area (Å²) in [6.07, 6.45) is 1.54. The first kappa shape index (κ1) is 17.9. The summed E-state index contributed by atoms with van der Waals surface area (Å²) in [4.78, 5) is 17.2. The molecule has 0 aliphatic carbocycles. The zero-order valence-corrected chi connectivity index (χ0v) is 15.9. The van der Waals surface area contributed by atoms with Gasteiger partial charge in [0.15, 0.2) is 5.58 Å². The number of oxazole rings is 1. The summed E-state index contributed by atoms with van der Waals surface area (Å²) >= 11 is 0. The fourth-order valence-electron chi connectivity index (χ4n) is 3.24. The Morgan fingerprint density at radius 1 is 0.933 bits per heavy atom. The van der Waals surface area contributed by atoms with E-state index in [0.29, 0.717) is 40.4 Å². The monoisotopic (exact) mass is 395 g/mol. The number of benzene rings is 3. The molecule has 5 aromatic rings. The molecule has 0 saturated heterocycles. The highest BCUT2D eigenvalue weighted by molar-refractivity contribution is 6.00. The van der Waals surface area contributed by atoms with Gasteiger partial charge in [-0.05, 0) is 35.9 Å². The van der Waals surface area contributed by atoms with E-state index in [4.69, 9.17) is 8.94 Å². The Labute approximate surface area is 172 Å². The molecule has 146 valence electrons. The van der Waals surface area contributed by atoms with E-state index in [9.17, 15) is 4.79 Å². The fourth-order valence-corrected chi connectivity index (χ4v) is 3.24. The molecule has 2 aromatic heterocycles. The van der Waals surface area contributed by atoms with Crippen molar-refractivity contribution in [3.05, 3.63) is 96.3 Å². The second kappa shape index (κ2) is 7.67. The van der Waals surface area contributed by atoms with E-state index < -0.39 is 0 Å². The topological polar surface area (TPSA) is 81.2 Å². The van der Waals surface area contributed by atoms with E-state index in [1.807, 2.05) is 60.7 Å². The van der Waals surface area contributed by atoms with E-state index in [-0.39, 0.29) is 5.91 Å². The molecule has 0 spiro atoms. The Balaban J connectivity index is 1.42. The van der Waals surface area contributed by atoms with Gasteiger partial charge in [-0.15, -0.1) is 0 Å². The number of hydrogen-bond donors (Lipinski definition) is 1. The third-order valence-electron chi connectivity index (χ3n) is 4.80. The highest BCUT2D eigenvalue weighted by atomic mass is 16.5. The maximum Gasteiger partial charge on any atom is 0.251 e. The molecule has 6 nitrogen and oxygen atoms in total. The Morgan fingerprint density at radius 2 is 1.70 bits per heavy atom.